The fourth-order valence-electron chi connectivity index (χ4n) is 0.682. The van der Waals surface area contributed by atoms with Crippen LogP contribution >= 0.6 is 24.5 Å². The van der Waals surface area contributed by atoms with E-state index in [1.54, 1.807) is 0 Å². The van der Waals surface area contributed by atoms with Crippen LogP contribution in [0.15, 0.2) is 16.9 Å². The molecular weight excluding hydrogens is 263 g/mol. The van der Waals surface area contributed by atoms with Crippen LogP contribution in [0.25, 0.3) is 0 Å². The first kappa shape index (κ1) is 12.5. The van der Waals surface area contributed by atoms with Crippen molar-refractivity contribution in [2.45, 2.75) is 0 Å². The van der Waals surface area contributed by atoms with E-state index in [0.29, 0.717) is 0 Å². The van der Waals surface area contributed by atoms with Crippen molar-refractivity contribution in [3.63, 3.8) is 0 Å². The van der Waals surface area contributed by atoms with E-state index in [9.17, 15) is 17.4 Å². The van der Waals surface area contributed by atoms with Crippen molar-refractivity contribution in [1.29, 1.82) is 0 Å². The maximum absolute atomic E-state index is 13.1. The zero-order valence-corrected chi connectivity index (χ0v) is 9.57. The van der Waals surface area contributed by atoms with E-state index in [1.165, 1.54) is 0 Å². The second-order valence-electron chi connectivity index (χ2n) is 2.01. The summed E-state index contributed by atoms with van der Waals surface area (Å²) >= 11 is 0. The van der Waals surface area contributed by atoms with Crippen LogP contribution in [0.4, 0.5) is 17.4 Å². The summed E-state index contributed by atoms with van der Waals surface area (Å²) in [5.74, 6) is 0.865. The molecule has 4 nitrogen and oxygen atoms in total. The molecule has 0 aromatic heterocycles. The second kappa shape index (κ2) is 4.52. The van der Waals surface area contributed by atoms with Gasteiger partial charge in [0.15, 0.2) is 0 Å². The summed E-state index contributed by atoms with van der Waals surface area (Å²) in [5, 5.41) is 0. The molecule has 82 valence electrons. The van der Waals surface area contributed by atoms with Crippen molar-refractivity contribution in [3.8, 4) is 0 Å². The lowest BCUT2D eigenvalue weighted by Crippen LogP contribution is -2.13. The molecular formula is C3H6F4N3OP3. The van der Waals surface area contributed by atoms with Crippen LogP contribution in [-0.2, 0) is 4.52 Å². The fraction of sp³-hybridized carbons (Fsp3) is 0.333. The number of nitrogens with zero attached hydrogens (tertiary/aromatic N) is 3. The van der Waals surface area contributed by atoms with Crippen molar-refractivity contribution >= 4 is 24.5 Å². The minimum Gasteiger partial charge on any atom is -0.331 e. The Hall–Kier alpha value is 0.430. The maximum Gasteiger partial charge on any atom is 0.322 e. The first-order valence-electron chi connectivity index (χ1n) is 3.13. The minimum absolute atomic E-state index is 0.534. The summed E-state index contributed by atoms with van der Waals surface area (Å²) < 4.78 is 57.6. The Balaban J connectivity index is 3.17. The Labute approximate surface area is 80.5 Å². The highest BCUT2D eigenvalue weighted by molar-refractivity contribution is 7.80. The quantitative estimate of drug-likeness (QED) is 0.417. The van der Waals surface area contributed by atoms with Gasteiger partial charge in [-0.15, -0.1) is 8.96 Å². The smallest absolute Gasteiger partial charge is 0.322 e. The molecule has 0 spiro atoms. The molecule has 1 aliphatic rings. The molecule has 0 saturated heterocycles. The maximum atomic E-state index is 13.1. The SMILES string of the molecule is C=CP1(OC)=NP(F)N(F)P(F)N1F. The molecule has 0 fully saturated rings. The van der Waals surface area contributed by atoms with Crippen molar-refractivity contribution in [1.82, 2.24) is 9.33 Å². The van der Waals surface area contributed by atoms with Gasteiger partial charge in [-0.2, -0.15) is 12.9 Å². The van der Waals surface area contributed by atoms with Crippen LogP contribution in [0.3, 0.4) is 0 Å². The molecule has 1 heterocycles. The average Bonchev–Trinajstić information content (AvgIpc) is 2.21. The van der Waals surface area contributed by atoms with Gasteiger partial charge in [-0.3, -0.25) is 0 Å². The normalized spacial score (nSPS) is 40.6. The number of halogens is 4. The molecule has 0 bridgehead atoms. The first-order valence-corrected chi connectivity index (χ1v) is 7.09. The van der Waals surface area contributed by atoms with E-state index in [-0.39, 0.29) is 0 Å². The number of hydrogen-bond acceptors (Lipinski definition) is 4. The molecule has 1 aliphatic heterocycles. The van der Waals surface area contributed by atoms with E-state index in [4.69, 9.17) is 0 Å². The van der Waals surface area contributed by atoms with Gasteiger partial charge in [-0.25, -0.2) is 0 Å². The Morgan fingerprint density at radius 2 is 2.07 bits per heavy atom. The highest BCUT2D eigenvalue weighted by atomic mass is 31.3. The van der Waals surface area contributed by atoms with E-state index in [2.05, 4.69) is 15.6 Å². The van der Waals surface area contributed by atoms with Gasteiger partial charge < -0.3 is 4.52 Å². The van der Waals surface area contributed by atoms with Gasteiger partial charge in [-0.05, 0) is 15.1 Å². The van der Waals surface area contributed by atoms with Gasteiger partial charge in [0.05, 0.1) is 0 Å². The Kier molecular flexibility index (Phi) is 4.03. The summed E-state index contributed by atoms with van der Waals surface area (Å²) in [6.45, 7) is 3.17. The van der Waals surface area contributed by atoms with E-state index < -0.39 is 33.8 Å². The molecule has 0 radical (unpaired) electrons. The van der Waals surface area contributed by atoms with Gasteiger partial charge >= 0.3 is 17.1 Å². The van der Waals surface area contributed by atoms with Crippen molar-refractivity contribution in [2.24, 2.45) is 4.52 Å². The lowest BCUT2D eigenvalue weighted by Gasteiger charge is -2.32. The largest absolute Gasteiger partial charge is 0.331 e. The molecule has 1 rings (SSSR count). The summed E-state index contributed by atoms with van der Waals surface area (Å²) in [7, 11) is -9.19. The third-order valence-electron chi connectivity index (χ3n) is 1.35. The summed E-state index contributed by atoms with van der Waals surface area (Å²) in [6, 6.07) is 0. The third-order valence-corrected chi connectivity index (χ3v) is 7.37. The number of rotatable bonds is 2. The monoisotopic (exact) mass is 269 g/mol. The molecule has 14 heavy (non-hydrogen) atoms. The van der Waals surface area contributed by atoms with Crippen LogP contribution < -0.4 is 0 Å². The summed E-state index contributed by atoms with van der Waals surface area (Å²) in [4.78, 5) is 0. The van der Waals surface area contributed by atoms with Crippen molar-refractivity contribution < 1.29 is 21.9 Å². The van der Waals surface area contributed by atoms with Crippen LogP contribution in [0.1, 0.15) is 0 Å². The highest BCUT2D eigenvalue weighted by Gasteiger charge is 2.48. The predicted octanol–water partition coefficient (Wildman–Crippen LogP) is 4.59. The van der Waals surface area contributed by atoms with Crippen LogP contribution in [0, 0.1) is 0 Å². The molecule has 0 aromatic carbocycles. The predicted molar refractivity (Wildman–Crippen MR) is 48.5 cm³/mol. The second-order valence-corrected chi connectivity index (χ2v) is 7.63. The van der Waals surface area contributed by atoms with Crippen LogP contribution in [0.2, 0.25) is 0 Å². The van der Waals surface area contributed by atoms with Gasteiger partial charge in [0.25, 0.3) is 0 Å². The zero-order chi connectivity index (χ0) is 10.9. The molecule has 0 amide bonds. The topological polar surface area (TPSA) is 28.1 Å². The van der Waals surface area contributed by atoms with Crippen molar-refractivity contribution in [3.05, 3.63) is 12.4 Å². The Morgan fingerprint density at radius 3 is 2.50 bits per heavy atom. The van der Waals surface area contributed by atoms with Gasteiger partial charge in [0.2, 0.25) is 7.43 Å². The first-order chi connectivity index (χ1) is 6.48. The standard InChI is InChI=1S/C3H6F4N3OP3/c1-3-14(11-2)8-12(6)9(4)13(7)10(14)5/h3H,1H2,2H3. The van der Waals surface area contributed by atoms with Gasteiger partial charge in [0, 0.05) is 7.11 Å². The van der Waals surface area contributed by atoms with Crippen molar-refractivity contribution in [2.75, 3.05) is 7.11 Å². The molecule has 0 aromatic rings. The molecule has 3 unspecified atom stereocenters. The van der Waals surface area contributed by atoms with E-state index in [0.717, 1.165) is 12.9 Å². The van der Waals surface area contributed by atoms with Gasteiger partial charge in [0.1, 0.15) is 0 Å². The third kappa shape index (κ3) is 1.87. The molecule has 3 atom stereocenters. The zero-order valence-electron chi connectivity index (χ0n) is 6.89. The van der Waals surface area contributed by atoms with E-state index >= 15 is 0 Å². The molecule has 0 N–H and O–H groups in total. The highest BCUT2D eigenvalue weighted by Crippen LogP contribution is 2.79. The van der Waals surface area contributed by atoms with Gasteiger partial charge in [-0.1, -0.05) is 6.58 Å². The van der Waals surface area contributed by atoms with E-state index in [1.807, 2.05) is 0 Å². The summed E-state index contributed by atoms with van der Waals surface area (Å²) in [6.07, 6.45) is 0. The lowest BCUT2D eigenvalue weighted by atomic mass is 11.3. The Bertz CT molecular complexity index is 290. The minimum atomic E-state index is -3.51. The molecule has 0 saturated carbocycles. The summed E-state index contributed by atoms with van der Waals surface area (Å²) in [5.41, 5.74) is 0. The Morgan fingerprint density at radius 1 is 1.50 bits per heavy atom. The van der Waals surface area contributed by atoms with Crippen LogP contribution in [0.5, 0.6) is 0 Å². The molecule has 11 heteroatoms. The van der Waals surface area contributed by atoms with Crippen LogP contribution in [-0.4, -0.2) is 16.4 Å². The average molecular weight is 269 g/mol. The number of hydrogen-bond donors (Lipinski definition) is 0. The lowest BCUT2D eigenvalue weighted by molar-refractivity contribution is 0.180. The fourth-order valence-corrected chi connectivity index (χ4v) is 6.21. The molecule has 0 aliphatic carbocycles.